The molecule has 1 atom stereocenters. The lowest BCUT2D eigenvalue weighted by atomic mass is 10.1. The van der Waals surface area contributed by atoms with E-state index in [0.29, 0.717) is 19.6 Å². The molecule has 1 heterocycles. The highest BCUT2D eigenvalue weighted by Crippen LogP contribution is 2.20. The highest BCUT2D eigenvalue weighted by molar-refractivity contribution is 5.86. The average Bonchev–Trinajstić information content (AvgIpc) is 2.91. The molecule has 1 unspecified atom stereocenters. The molecule has 1 rings (SSSR count). The van der Waals surface area contributed by atoms with E-state index in [1.165, 1.54) is 32.1 Å². The number of hydrogen-bond donors (Lipinski definition) is 0. The SMILES string of the molecule is CC.CCCCCCCCN1CC(C(=O)OCCC)CC1=O. The zero-order valence-corrected chi connectivity index (χ0v) is 15.0. The lowest BCUT2D eigenvalue weighted by Gasteiger charge is -2.16. The van der Waals surface area contributed by atoms with Gasteiger partial charge >= 0.3 is 5.97 Å². The van der Waals surface area contributed by atoms with Gasteiger partial charge in [0.1, 0.15) is 0 Å². The van der Waals surface area contributed by atoms with Crippen molar-refractivity contribution in [3.63, 3.8) is 0 Å². The number of rotatable bonds is 10. The van der Waals surface area contributed by atoms with Gasteiger partial charge in [-0.1, -0.05) is 59.8 Å². The minimum Gasteiger partial charge on any atom is -0.465 e. The minimum atomic E-state index is -0.242. The fraction of sp³-hybridized carbons (Fsp3) is 0.889. The van der Waals surface area contributed by atoms with Crippen LogP contribution in [0.1, 0.15) is 79.1 Å². The van der Waals surface area contributed by atoms with E-state index in [1.54, 1.807) is 0 Å². The van der Waals surface area contributed by atoms with Crippen LogP contribution >= 0.6 is 0 Å². The normalized spacial score (nSPS) is 17.2. The van der Waals surface area contributed by atoms with Crippen molar-refractivity contribution in [3.8, 4) is 0 Å². The Labute approximate surface area is 136 Å². The second-order valence-corrected chi connectivity index (χ2v) is 5.68. The molecule has 130 valence electrons. The molecule has 0 aliphatic carbocycles. The number of carbonyl (C=O) groups is 2. The Kier molecular flexibility index (Phi) is 12.9. The first kappa shape index (κ1) is 20.9. The molecular formula is C18H35NO3. The number of esters is 1. The van der Waals surface area contributed by atoms with Crippen molar-refractivity contribution in [3.05, 3.63) is 0 Å². The predicted octanol–water partition coefficient (Wildman–Crippen LogP) is 4.17. The second kappa shape index (κ2) is 13.6. The van der Waals surface area contributed by atoms with Crippen LogP contribution in [-0.2, 0) is 14.3 Å². The van der Waals surface area contributed by atoms with E-state index in [0.717, 1.165) is 19.4 Å². The molecule has 0 spiro atoms. The van der Waals surface area contributed by atoms with Crippen LogP contribution in [0.25, 0.3) is 0 Å². The summed E-state index contributed by atoms with van der Waals surface area (Å²) in [5.74, 6) is -0.336. The zero-order valence-electron chi connectivity index (χ0n) is 15.0. The fourth-order valence-corrected chi connectivity index (χ4v) is 2.55. The monoisotopic (exact) mass is 313 g/mol. The molecular weight excluding hydrogens is 278 g/mol. The Balaban J connectivity index is 0.00000211. The quantitative estimate of drug-likeness (QED) is 0.449. The van der Waals surface area contributed by atoms with Gasteiger partial charge in [-0.05, 0) is 12.8 Å². The topological polar surface area (TPSA) is 46.6 Å². The van der Waals surface area contributed by atoms with Gasteiger partial charge in [-0.15, -0.1) is 0 Å². The lowest BCUT2D eigenvalue weighted by molar-refractivity contribution is -0.148. The van der Waals surface area contributed by atoms with Gasteiger partial charge < -0.3 is 9.64 Å². The first-order chi connectivity index (χ1) is 10.7. The molecule has 1 aliphatic heterocycles. The van der Waals surface area contributed by atoms with Crippen molar-refractivity contribution < 1.29 is 14.3 Å². The van der Waals surface area contributed by atoms with Crippen LogP contribution in [0.4, 0.5) is 0 Å². The lowest BCUT2D eigenvalue weighted by Crippen LogP contribution is -2.27. The average molecular weight is 313 g/mol. The number of amides is 1. The number of carbonyl (C=O) groups excluding carboxylic acids is 2. The van der Waals surface area contributed by atoms with Crippen molar-refractivity contribution in [1.29, 1.82) is 0 Å². The minimum absolute atomic E-state index is 0.108. The van der Waals surface area contributed by atoms with Gasteiger partial charge in [0, 0.05) is 19.5 Å². The number of unbranched alkanes of at least 4 members (excludes halogenated alkanes) is 5. The van der Waals surface area contributed by atoms with Crippen molar-refractivity contribution in [1.82, 2.24) is 4.90 Å². The smallest absolute Gasteiger partial charge is 0.311 e. The molecule has 0 aromatic heterocycles. The summed E-state index contributed by atoms with van der Waals surface area (Å²) in [4.78, 5) is 25.4. The number of hydrogen-bond acceptors (Lipinski definition) is 3. The molecule has 0 bridgehead atoms. The fourth-order valence-electron chi connectivity index (χ4n) is 2.55. The van der Waals surface area contributed by atoms with Crippen LogP contribution in [-0.4, -0.2) is 36.5 Å². The number of nitrogens with zero attached hydrogens (tertiary/aromatic N) is 1. The molecule has 22 heavy (non-hydrogen) atoms. The zero-order chi connectivity index (χ0) is 16.8. The van der Waals surface area contributed by atoms with Crippen molar-refractivity contribution >= 4 is 11.9 Å². The molecule has 1 aliphatic rings. The summed E-state index contributed by atoms with van der Waals surface area (Å²) in [5, 5.41) is 0. The van der Waals surface area contributed by atoms with Crippen LogP contribution < -0.4 is 0 Å². The first-order valence-corrected chi connectivity index (χ1v) is 9.13. The van der Waals surface area contributed by atoms with Gasteiger partial charge in [-0.25, -0.2) is 0 Å². The van der Waals surface area contributed by atoms with Gasteiger partial charge in [-0.3, -0.25) is 9.59 Å². The maximum absolute atomic E-state index is 11.8. The van der Waals surface area contributed by atoms with E-state index in [-0.39, 0.29) is 17.8 Å². The van der Waals surface area contributed by atoms with Crippen molar-refractivity contribution in [2.45, 2.75) is 79.1 Å². The molecule has 0 N–H and O–H groups in total. The van der Waals surface area contributed by atoms with E-state index in [1.807, 2.05) is 25.7 Å². The summed E-state index contributed by atoms with van der Waals surface area (Å²) in [6, 6.07) is 0. The summed E-state index contributed by atoms with van der Waals surface area (Å²) in [7, 11) is 0. The molecule has 4 nitrogen and oxygen atoms in total. The summed E-state index contributed by atoms with van der Waals surface area (Å²) in [5.41, 5.74) is 0. The maximum atomic E-state index is 11.8. The molecule has 1 saturated heterocycles. The Bertz CT molecular complexity index is 305. The van der Waals surface area contributed by atoms with Crippen LogP contribution in [0.3, 0.4) is 0 Å². The van der Waals surface area contributed by atoms with Crippen molar-refractivity contribution in [2.75, 3.05) is 19.7 Å². The van der Waals surface area contributed by atoms with Crippen LogP contribution in [0.15, 0.2) is 0 Å². The van der Waals surface area contributed by atoms with Gasteiger partial charge in [0.15, 0.2) is 0 Å². The number of ether oxygens (including phenoxy) is 1. The molecule has 4 heteroatoms. The third-order valence-electron chi connectivity index (χ3n) is 3.78. The molecule has 0 aromatic carbocycles. The molecule has 0 saturated carbocycles. The van der Waals surface area contributed by atoms with E-state index < -0.39 is 0 Å². The third-order valence-corrected chi connectivity index (χ3v) is 3.78. The second-order valence-electron chi connectivity index (χ2n) is 5.68. The van der Waals surface area contributed by atoms with Crippen LogP contribution in [0, 0.1) is 5.92 Å². The number of likely N-dealkylation sites (tertiary alicyclic amines) is 1. The largest absolute Gasteiger partial charge is 0.465 e. The standard InChI is InChI=1S/C16H29NO3.C2H6/c1-3-5-6-7-8-9-10-17-13-14(12-15(17)18)16(19)20-11-4-2;1-2/h14H,3-13H2,1-2H3;1-2H3. The predicted molar refractivity (Wildman–Crippen MR) is 90.7 cm³/mol. The van der Waals surface area contributed by atoms with Gasteiger partial charge in [0.2, 0.25) is 5.91 Å². The third kappa shape index (κ3) is 8.40. The van der Waals surface area contributed by atoms with Crippen LogP contribution in [0.2, 0.25) is 0 Å². The van der Waals surface area contributed by atoms with E-state index in [4.69, 9.17) is 4.74 Å². The Morgan fingerprint density at radius 2 is 1.73 bits per heavy atom. The molecule has 1 amide bonds. The molecule has 1 fully saturated rings. The Hall–Kier alpha value is -1.06. The van der Waals surface area contributed by atoms with Gasteiger partial charge in [-0.2, -0.15) is 0 Å². The first-order valence-electron chi connectivity index (χ1n) is 9.13. The highest BCUT2D eigenvalue weighted by atomic mass is 16.5. The summed E-state index contributed by atoms with van der Waals surface area (Å²) < 4.78 is 5.12. The highest BCUT2D eigenvalue weighted by Gasteiger charge is 2.34. The van der Waals surface area contributed by atoms with Gasteiger partial charge in [0.25, 0.3) is 0 Å². The summed E-state index contributed by atoms with van der Waals surface area (Å²) >= 11 is 0. The van der Waals surface area contributed by atoms with E-state index in [9.17, 15) is 9.59 Å². The van der Waals surface area contributed by atoms with Gasteiger partial charge in [0.05, 0.1) is 12.5 Å². The molecule has 0 radical (unpaired) electrons. The van der Waals surface area contributed by atoms with E-state index in [2.05, 4.69) is 6.92 Å². The summed E-state index contributed by atoms with van der Waals surface area (Å²) in [6.07, 6.45) is 8.47. The molecule has 0 aromatic rings. The Morgan fingerprint density at radius 1 is 1.09 bits per heavy atom. The van der Waals surface area contributed by atoms with Crippen molar-refractivity contribution in [2.24, 2.45) is 5.92 Å². The summed E-state index contributed by atoms with van der Waals surface area (Å²) in [6.45, 7) is 9.98. The van der Waals surface area contributed by atoms with E-state index >= 15 is 0 Å². The van der Waals surface area contributed by atoms with Crippen LogP contribution in [0.5, 0.6) is 0 Å². The maximum Gasteiger partial charge on any atom is 0.311 e. The Morgan fingerprint density at radius 3 is 2.36 bits per heavy atom.